The van der Waals surface area contributed by atoms with Gasteiger partial charge in [0.25, 0.3) is 0 Å². The molecule has 3 rings (SSSR count). The van der Waals surface area contributed by atoms with Gasteiger partial charge in [-0.05, 0) is 55.0 Å². The second kappa shape index (κ2) is 11.4. The van der Waals surface area contributed by atoms with Crippen LogP contribution in [0.1, 0.15) is 27.9 Å². The Morgan fingerprint density at radius 2 is 2.03 bits per heavy atom. The first-order valence-electron chi connectivity index (χ1n) is 10.6. The first-order chi connectivity index (χ1) is 15.9. The molecule has 1 aliphatic heterocycles. The maximum absolute atomic E-state index is 13.0. The number of nitrogens with zero attached hydrogens (tertiary/aromatic N) is 2. The summed E-state index contributed by atoms with van der Waals surface area (Å²) in [6.07, 6.45) is 3.42. The highest BCUT2D eigenvalue weighted by Gasteiger charge is 2.33. The Morgan fingerprint density at radius 3 is 2.67 bits per heavy atom. The minimum absolute atomic E-state index is 0.000654. The van der Waals surface area contributed by atoms with Gasteiger partial charge in [0.1, 0.15) is 11.6 Å². The minimum Gasteiger partial charge on any atom is -0.496 e. The van der Waals surface area contributed by atoms with Crippen LogP contribution in [0, 0.1) is 23.1 Å². The zero-order chi connectivity index (χ0) is 23.8. The van der Waals surface area contributed by atoms with Gasteiger partial charge in [0.15, 0.2) is 5.78 Å². The molecule has 0 aliphatic carbocycles. The number of Topliss-reactive ketones (excluding diaryl/α,β-unsaturated/α-hetero) is 1. The van der Waals surface area contributed by atoms with E-state index in [1.54, 1.807) is 24.3 Å². The lowest BCUT2D eigenvalue weighted by molar-refractivity contribution is -0.117. The van der Waals surface area contributed by atoms with E-state index in [0.29, 0.717) is 48.5 Å². The fraction of sp³-hybridized carbons (Fsp3) is 0.320. The molecule has 2 N–H and O–H groups in total. The second-order valence-electron chi connectivity index (χ2n) is 7.91. The third-order valence-corrected chi connectivity index (χ3v) is 5.59. The molecule has 2 aromatic carbocycles. The molecule has 172 valence electrons. The number of ketones is 1. The molecule has 8 heteroatoms. The quantitative estimate of drug-likeness (QED) is 0.425. The van der Waals surface area contributed by atoms with Crippen LogP contribution in [-0.4, -0.2) is 61.1 Å². The normalized spacial score (nSPS) is 15.0. The van der Waals surface area contributed by atoms with Crippen molar-refractivity contribution in [2.24, 2.45) is 5.92 Å². The van der Waals surface area contributed by atoms with E-state index in [4.69, 9.17) is 10.00 Å². The van der Waals surface area contributed by atoms with Crippen molar-refractivity contribution in [3.8, 4) is 11.8 Å². The first-order valence-corrected chi connectivity index (χ1v) is 10.6. The SMILES string of the molecule is COc1ccc(C#N)cc1/C=C/C(=O)N[C@H](CO)CCN1CC(C(=O)c2ccc(F)cc2)C1. The summed E-state index contributed by atoms with van der Waals surface area (Å²) in [4.78, 5) is 26.8. The molecule has 1 atom stereocenters. The molecule has 1 amide bonds. The number of amides is 1. The van der Waals surface area contributed by atoms with E-state index >= 15 is 0 Å². The highest BCUT2D eigenvalue weighted by Crippen LogP contribution is 2.22. The lowest BCUT2D eigenvalue weighted by Crippen LogP contribution is -2.51. The molecule has 1 heterocycles. The number of nitrogens with one attached hydrogen (secondary N) is 1. The number of carbonyl (C=O) groups excluding carboxylic acids is 2. The van der Waals surface area contributed by atoms with E-state index in [1.807, 2.05) is 6.07 Å². The van der Waals surface area contributed by atoms with E-state index in [1.165, 1.54) is 37.5 Å². The van der Waals surface area contributed by atoms with Crippen molar-refractivity contribution in [3.05, 3.63) is 71.0 Å². The van der Waals surface area contributed by atoms with Gasteiger partial charge in [-0.3, -0.25) is 9.59 Å². The van der Waals surface area contributed by atoms with Gasteiger partial charge in [-0.2, -0.15) is 5.26 Å². The van der Waals surface area contributed by atoms with Crippen LogP contribution in [0.3, 0.4) is 0 Å². The molecule has 0 spiro atoms. The van der Waals surface area contributed by atoms with Crippen LogP contribution in [0.2, 0.25) is 0 Å². The van der Waals surface area contributed by atoms with Crippen LogP contribution in [0.25, 0.3) is 6.08 Å². The molecule has 1 fully saturated rings. The van der Waals surface area contributed by atoms with Gasteiger partial charge >= 0.3 is 0 Å². The zero-order valence-corrected chi connectivity index (χ0v) is 18.3. The van der Waals surface area contributed by atoms with Crippen molar-refractivity contribution < 1.29 is 23.8 Å². The maximum atomic E-state index is 13.0. The predicted molar refractivity (Wildman–Crippen MR) is 121 cm³/mol. The number of hydrogen-bond donors (Lipinski definition) is 2. The van der Waals surface area contributed by atoms with Crippen molar-refractivity contribution in [1.82, 2.24) is 10.2 Å². The summed E-state index contributed by atoms with van der Waals surface area (Å²) in [6, 6.07) is 12.1. The standard InChI is InChI=1S/C25H26FN3O4/c1-33-23-8-2-17(13-27)12-19(23)5-9-24(31)28-22(16-30)10-11-29-14-20(15-29)25(32)18-3-6-21(26)7-4-18/h2-9,12,20,22,30H,10-11,14-16H2,1H3,(H,28,31)/b9-5+/t22-/m0/s1. The van der Waals surface area contributed by atoms with Crippen LogP contribution >= 0.6 is 0 Å². The van der Waals surface area contributed by atoms with E-state index in [0.717, 1.165) is 0 Å². The van der Waals surface area contributed by atoms with Gasteiger partial charge in [-0.1, -0.05) is 0 Å². The molecule has 0 unspecified atom stereocenters. The summed E-state index contributed by atoms with van der Waals surface area (Å²) in [6.45, 7) is 1.60. The highest BCUT2D eigenvalue weighted by atomic mass is 19.1. The van der Waals surface area contributed by atoms with Crippen molar-refractivity contribution in [1.29, 1.82) is 5.26 Å². The van der Waals surface area contributed by atoms with Crippen molar-refractivity contribution in [3.63, 3.8) is 0 Å². The number of methoxy groups -OCH3 is 1. The van der Waals surface area contributed by atoms with Crippen LogP contribution in [0.15, 0.2) is 48.5 Å². The third-order valence-electron chi connectivity index (χ3n) is 5.59. The molecule has 2 aromatic rings. The summed E-state index contributed by atoms with van der Waals surface area (Å²) in [5.41, 5.74) is 1.56. The summed E-state index contributed by atoms with van der Waals surface area (Å²) < 4.78 is 18.3. The Hall–Kier alpha value is -3.54. The average Bonchev–Trinajstić information content (AvgIpc) is 2.80. The molecule has 33 heavy (non-hydrogen) atoms. The number of rotatable bonds is 10. The maximum Gasteiger partial charge on any atom is 0.244 e. The number of aliphatic hydroxyl groups is 1. The van der Waals surface area contributed by atoms with Crippen molar-refractivity contribution >= 4 is 17.8 Å². The molecule has 1 aliphatic rings. The molecule has 1 saturated heterocycles. The Balaban J connectivity index is 1.45. The third kappa shape index (κ3) is 6.48. The number of hydrogen-bond acceptors (Lipinski definition) is 6. The number of ether oxygens (including phenoxy) is 1. The number of aliphatic hydroxyl groups excluding tert-OH is 1. The largest absolute Gasteiger partial charge is 0.496 e. The minimum atomic E-state index is -0.429. The Labute approximate surface area is 192 Å². The Morgan fingerprint density at radius 1 is 1.30 bits per heavy atom. The first kappa shape index (κ1) is 24.1. The smallest absolute Gasteiger partial charge is 0.244 e. The summed E-state index contributed by atoms with van der Waals surface area (Å²) in [5, 5.41) is 21.4. The number of benzene rings is 2. The monoisotopic (exact) mass is 451 g/mol. The van der Waals surface area contributed by atoms with Crippen LogP contribution in [-0.2, 0) is 4.79 Å². The molecule has 7 nitrogen and oxygen atoms in total. The zero-order valence-electron chi connectivity index (χ0n) is 18.3. The van der Waals surface area contributed by atoms with E-state index < -0.39 is 6.04 Å². The number of likely N-dealkylation sites (tertiary alicyclic amines) is 1. The lowest BCUT2D eigenvalue weighted by Gasteiger charge is -2.39. The Bertz CT molecular complexity index is 1060. The van der Waals surface area contributed by atoms with Crippen LogP contribution in [0.4, 0.5) is 4.39 Å². The van der Waals surface area contributed by atoms with E-state index in [-0.39, 0.29) is 30.0 Å². The van der Waals surface area contributed by atoms with Crippen molar-refractivity contribution in [2.75, 3.05) is 33.4 Å². The Kier molecular flexibility index (Phi) is 8.30. The van der Waals surface area contributed by atoms with Crippen LogP contribution < -0.4 is 10.1 Å². The summed E-state index contributed by atoms with van der Waals surface area (Å²) >= 11 is 0. The van der Waals surface area contributed by atoms with Gasteiger partial charge in [0, 0.05) is 42.8 Å². The van der Waals surface area contributed by atoms with Gasteiger partial charge < -0.3 is 20.1 Å². The predicted octanol–water partition coefficient (Wildman–Crippen LogP) is 2.40. The van der Waals surface area contributed by atoms with E-state index in [2.05, 4.69) is 10.2 Å². The topological polar surface area (TPSA) is 103 Å². The molecule has 0 radical (unpaired) electrons. The van der Waals surface area contributed by atoms with E-state index in [9.17, 15) is 19.1 Å². The molecular formula is C25H26FN3O4. The molecular weight excluding hydrogens is 425 g/mol. The number of halogens is 1. The van der Waals surface area contributed by atoms with Crippen LogP contribution in [0.5, 0.6) is 5.75 Å². The lowest BCUT2D eigenvalue weighted by atomic mass is 9.90. The fourth-order valence-electron chi connectivity index (χ4n) is 3.66. The second-order valence-corrected chi connectivity index (χ2v) is 7.91. The van der Waals surface area contributed by atoms with Crippen molar-refractivity contribution in [2.45, 2.75) is 12.5 Å². The van der Waals surface area contributed by atoms with Gasteiger partial charge in [0.05, 0.1) is 31.4 Å². The molecule has 0 bridgehead atoms. The summed E-state index contributed by atoms with van der Waals surface area (Å²) in [7, 11) is 1.51. The summed E-state index contributed by atoms with van der Waals surface area (Å²) in [5.74, 6) is -0.326. The van der Waals surface area contributed by atoms with Gasteiger partial charge in [-0.15, -0.1) is 0 Å². The number of carbonyl (C=O) groups is 2. The average molecular weight is 451 g/mol. The highest BCUT2D eigenvalue weighted by molar-refractivity contribution is 5.98. The molecule has 0 aromatic heterocycles. The number of nitriles is 1. The van der Waals surface area contributed by atoms with Gasteiger partial charge in [-0.25, -0.2) is 4.39 Å². The molecule has 0 saturated carbocycles. The van der Waals surface area contributed by atoms with Gasteiger partial charge in [0.2, 0.25) is 5.91 Å². The fourth-order valence-corrected chi connectivity index (χ4v) is 3.66.